The lowest BCUT2D eigenvalue weighted by Crippen LogP contribution is -2.34. The van der Waals surface area contributed by atoms with Crippen LogP contribution in [0, 0.1) is 13.8 Å². The van der Waals surface area contributed by atoms with Crippen molar-refractivity contribution >= 4 is 35.2 Å². The topological polar surface area (TPSA) is 75.7 Å². The second-order valence-corrected chi connectivity index (χ2v) is 6.07. The molecule has 1 aromatic carbocycles. The summed E-state index contributed by atoms with van der Waals surface area (Å²) in [6.45, 7) is 3.75. The summed E-state index contributed by atoms with van der Waals surface area (Å²) in [5, 5.41) is 3.23. The summed E-state index contributed by atoms with van der Waals surface area (Å²) in [6, 6.07) is 5.63. The molecule has 2 rings (SSSR count). The summed E-state index contributed by atoms with van der Waals surface area (Å²) in [5.74, 6) is -0.867. The molecule has 7 heteroatoms. The van der Waals surface area contributed by atoms with Crippen molar-refractivity contribution in [3.05, 3.63) is 40.4 Å². The fourth-order valence-electron chi connectivity index (χ4n) is 2.08. The molecule has 1 aliphatic rings. The Bertz CT molecular complexity index is 685. The summed E-state index contributed by atoms with van der Waals surface area (Å²) in [5.41, 5.74) is 2.77. The third-order valence-electron chi connectivity index (χ3n) is 3.53. The molecular formula is C16H18N2O4S. The standard InChI is InChI=1S/C16H18N2O4S/c1-10-5-4-6-12(11(10)2)17-13(19)8-18-14(20)9-23-15(18)7-16(21)22-3/h4-7H,8-9H2,1-3H3,(H,17,19)/b15-7-. The molecule has 1 aliphatic heterocycles. The smallest absolute Gasteiger partial charge is 0.333 e. The van der Waals surface area contributed by atoms with Gasteiger partial charge in [0.1, 0.15) is 6.54 Å². The van der Waals surface area contributed by atoms with Crippen LogP contribution in [0.3, 0.4) is 0 Å². The van der Waals surface area contributed by atoms with Gasteiger partial charge in [0.15, 0.2) is 0 Å². The average Bonchev–Trinajstić information content (AvgIpc) is 2.84. The third-order valence-corrected chi connectivity index (χ3v) is 4.56. The number of esters is 1. The second-order valence-electron chi connectivity index (χ2n) is 5.07. The highest BCUT2D eigenvalue weighted by molar-refractivity contribution is 8.04. The normalized spacial score (nSPS) is 15.9. The van der Waals surface area contributed by atoms with Crippen LogP contribution in [0.2, 0.25) is 0 Å². The van der Waals surface area contributed by atoms with Crippen LogP contribution < -0.4 is 5.32 Å². The van der Waals surface area contributed by atoms with Crippen LogP contribution in [0.5, 0.6) is 0 Å². The first kappa shape index (κ1) is 17.1. The molecule has 0 saturated carbocycles. The SMILES string of the molecule is COC(=O)/C=C1\SCC(=O)N1CC(=O)Nc1cccc(C)c1C. The zero-order valence-electron chi connectivity index (χ0n) is 13.2. The number of nitrogens with one attached hydrogen (secondary N) is 1. The molecule has 6 nitrogen and oxygen atoms in total. The van der Waals surface area contributed by atoms with Crippen LogP contribution in [0.15, 0.2) is 29.3 Å². The molecule has 1 saturated heterocycles. The van der Waals surface area contributed by atoms with Crippen molar-refractivity contribution in [3.8, 4) is 0 Å². The minimum atomic E-state index is -0.554. The number of anilines is 1. The van der Waals surface area contributed by atoms with Gasteiger partial charge >= 0.3 is 5.97 Å². The summed E-state index contributed by atoms with van der Waals surface area (Å²) in [6.07, 6.45) is 1.22. The molecule has 1 heterocycles. The largest absolute Gasteiger partial charge is 0.466 e. The number of methoxy groups -OCH3 is 1. The monoisotopic (exact) mass is 334 g/mol. The molecule has 0 aromatic heterocycles. The lowest BCUT2D eigenvalue weighted by atomic mass is 10.1. The molecule has 0 unspecified atom stereocenters. The number of carbonyl (C=O) groups is 3. The Hall–Kier alpha value is -2.28. The summed E-state index contributed by atoms with van der Waals surface area (Å²) >= 11 is 1.21. The van der Waals surface area contributed by atoms with Gasteiger partial charge in [0, 0.05) is 5.69 Å². The van der Waals surface area contributed by atoms with Gasteiger partial charge in [-0.05, 0) is 31.0 Å². The average molecular weight is 334 g/mol. The first-order valence-electron chi connectivity index (χ1n) is 7.01. The number of rotatable bonds is 4. The van der Waals surface area contributed by atoms with Gasteiger partial charge in [0.05, 0.1) is 24.0 Å². The first-order valence-corrected chi connectivity index (χ1v) is 8.00. The van der Waals surface area contributed by atoms with Crippen LogP contribution in [0.4, 0.5) is 5.69 Å². The Morgan fingerprint density at radius 3 is 2.83 bits per heavy atom. The summed E-state index contributed by atoms with van der Waals surface area (Å²) in [4.78, 5) is 36.7. The van der Waals surface area contributed by atoms with Crippen molar-refractivity contribution in [2.45, 2.75) is 13.8 Å². The molecule has 1 aromatic rings. The van der Waals surface area contributed by atoms with Crippen LogP contribution in [0.25, 0.3) is 0 Å². The Labute approximate surface area is 138 Å². The Kier molecular flexibility index (Phi) is 5.44. The van der Waals surface area contributed by atoms with E-state index in [1.165, 1.54) is 29.8 Å². The van der Waals surface area contributed by atoms with E-state index in [0.717, 1.165) is 11.1 Å². The molecule has 1 fully saturated rings. The van der Waals surface area contributed by atoms with Crippen LogP contribution >= 0.6 is 11.8 Å². The van der Waals surface area contributed by atoms with E-state index in [4.69, 9.17) is 0 Å². The van der Waals surface area contributed by atoms with E-state index < -0.39 is 5.97 Å². The minimum absolute atomic E-state index is 0.137. The number of amides is 2. The van der Waals surface area contributed by atoms with Gasteiger partial charge in [-0.3, -0.25) is 14.5 Å². The molecule has 122 valence electrons. The minimum Gasteiger partial charge on any atom is -0.466 e. The molecule has 0 aliphatic carbocycles. The fourth-order valence-corrected chi connectivity index (χ4v) is 3.01. The number of benzene rings is 1. The van der Waals surface area contributed by atoms with Crippen LogP contribution in [-0.4, -0.2) is 42.1 Å². The Balaban J connectivity index is 2.09. The van der Waals surface area contributed by atoms with Gasteiger partial charge in [-0.2, -0.15) is 0 Å². The number of nitrogens with zero attached hydrogens (tertiary/aromatic N) is 1. The molecule has 1 N–H and O–H groups in total. The van der Waals surface area contributed by atoms with Gasteiger partial charge in [-0.15, -0.1) is 0 Å². The molecule has 2 amide bonds. The van der Waals surface area contributed by atoms with E-state index in [0.29, 0.717) is 10.7 Å². The van der Waals surface area contributed by atoms with Gasteiger partial charge in [-0.25, -0.2) is 4.79 Å². The molecule has 0 spiro atoms. The van der Waals surface area contributed by atoms with Crippen molar-refractivity contribution in [1.82, 2.24) is 4.90 Å². The number of ether oxygens (including phenoxy) is 1. The van der Waals surface area contributed by atoms with Crippen LogP contribution in [0.1, 0.15) is 11.1 Å². The van der Waals surface area contributed by atoms with Gasteiger partial charge in [0.25, 0.3) is 0 Å². The van der Waals surface area contributed by atoms with E-state index in [9.17, 15) is 14.4 Å². The predicted molar refractivity (Wildman–Crippen MR) is 88.8 cm³/mol. The number of hydrogen-bond acceptors (Lipinski definition) is 5. The van der Waals surface area contributed by atoms with E-state index in [1.54, 1.807) is 0 Å². The molecule has 0 radical (unpaired) electrons. The third kappa shape index (κ3) is 4.13. The van der Waals surface area contributed by atoms with E-state index >= 15 is 0 Å². The zero-order chi connectivity index (χ0) is 17.0. The molecule has 0 atom stereocenters. The van der Waals surface area contributed by atoms with Gasteiger partial charge in [0.2, 0.25) is 11.8 Å². The van der Waals surface area contributed by atoms with Crippen molar-refractivity contribution in [3.63, 3.8) is 0 Å². The fraction of sp³-hybridized carbons (Fsp3) is 0.312. The van der Waals surface area contributed by atoms with Gasteiger partial charge in [-0.1, -0.05) is 23.9 Å². The van der Waals surface area contributed by atoms with E-state index in [1.807, 2.05) is 32.0 Å². The van der Waals surface area contributed by atoms with Crippen molar-refractivity contribution in [2.75, 3.05) is 24.7 Å². The first-order chi connectivity index (χ1) is 10.9. The maximum atomic E-state index is 12.2. The number of hydrogen-bond donors (Lipinski definition) is 1. The van der Waals surface area contributed by atoms with Crippen molar-refractivity contribution < 1.29 is 19.1 Å². The van der Waals surface area contributed by atoms with Crippen LogP contribution in [-0.2, 0) is 19.1 Å². The molecule has 23 heavy (non-hydrogen) atoms. The zero-order valence-corrected chi connectivity index (χ0v) is 14.0. The Morgan fingerprint density at radius 1 is 1.39 bits per heavy atom. The summed E-state index contributed by atoms with van der Waals surface area (Å²) < 4.78 is 4.56. The number of thioether (sulfide) groups is 1. The van der Waals surface area contributed by atoms with E-state index in [-0.39, 0.29) is 24.1 Å². The molecular weight excluding hydrogens is 316 g/mol. The highest BCUT2D eigenvalue weighted by atomic mass is 32.2. The summed E-state index contributed by atoms with van der Waals surface area (Å²) in [7, 11) is 1.26. The van der Waals surface area contributed by atoms with Crippen molar-refractivity contribution in [1.29, 1.82) is 0 Å². The lowest BCUT2D eigenvalue weighted by Gasteiger charge is -2.17. The number of aryl methyl sites for hydroxylation is 1. The number of carbonyl (C=O) groups excluding carboxylic acids is 3. The second kappa shape index (κ2) is 7.32. The van der Waals surface area contributed by atoms with E-state index in [2.05, 4.69) is 10.1 Å². The highest BCUT2D eigenvalue weighted by Gasteiger charge is 2.29. The predicted octanol–water partition coefficient (Wildman–Crippen LogP) is 1.83. The maximum absolute atomic E-state index is 12.2. The highest BCUT2D eigenvalue weighted by Crippen LogP contribution is 2.28. The lowest BCUT2D eigenvalue weighted by molar-refractivity contribution is -0.135. The van der Waals surface area contributed by atoms with Crippen molar-refractivity contribution in [2.24, 2.45) is 0 Å². The maximum Gasteiger partial charge on any atom is 0.333 e. The van der Waals surface area contributed by atoms with Gasteiger partial charge < -0.3 is 10.1 Å². The Morgan fingerprint density at radius 2 is 2.13 bits per heavy atom. The quantitative estimate of drug-likeness (QED) is 0.671. The molecule has 0 bridgehead atoms.